The second-order valence-electron chi connectivity index (χ2n) is 4.47. The van der Waals surface area contributed by atoms with Crippen LogP contribution in [0.1, 0.15) is 59.8 Å². The molecule has 78 valence electrons. The molecular weight excluding hydrogens is 158 g/mol. The second kappa shape index (κ2) is 4.45. The van der Waals surface area contributed by atoms with E-state index in [2.05, 4.69) is 18.7 Å². The molecule has 0 radical (unpaired) electrons. The first kappa shape index (κ1) is 11.0. The molecule has 13 heavy (non-hydrogen) atoms. The molecule has 1 aliphatic carbocycles. The molecule has 2 rings (SSSR count). The van der Waals surface area contributed by atoms with Crippen LogP contribution >= 0.6 is 0 Å². The van der Waals surface area contributed by atoms with Crippen molar-refractivity contribution in [3.63, 3.8) is 0 Å². The molecule has 1 saturated carbocycles. The van der Waals surface area contributed by atoms with Gasteiger partial charge in [-0.1, -0.05) is 20.3 Å². The third-order valence-electron chi connectivity index (χ3n) is 3.35. The SMILES string of the molecule is CC.CC(C)N1CCCCC12CC2. The van der Waals surface area contributed by atoms with Crippen LogP contribution in [0, 0.1) is 0 Å². The Morgan fingerprint density at radius 1 is 1.00 bits per heavy atom. The van der Waals surface area contributed by atoms with Crippen LogP contribution in [0.25, 0.3) is 0 Å². The van der Waals surface area contributed by atoms with Gasteiger partial charge < -0.3 is 0 Å². The molecule has 1 heteroatoms. The Hall–Kier alpha value is -0.0400. The molecule has 1 nitrogen and oxygen atoms in total. The predicted molar refractivity (Wildman–Crippen MR) is 59.0 cm³/mol. The van der Waals surface area contributed by atoms with Crippen molar-refractivity contribution in [3.05, 3.63) is 0 Å². The molecule has 0 bridgehead atoms. The van der Waals surface area contributed by atoms with Gasteiger partial charge in [-0.25, -0.2) is 0 Å². The van der Waals surface area contributed by atoms with Crippen LogP contribution in [0.3, 0.4) is 0 Å². The number of hydrogen-bond donors (Lipinski definition) is 0. The van der Waals surface area contributed by atoms with Crippen LogP contribution in [0.4, 0.5) is 0 Å². The average molecular weight is 183 g/mol. The Labute approximate surface area is 83.5 Å². The van der Waals surface area contributed by atoms with Crippen molar-refractivity contribution in [1.29, 1.82) is 0 Å². The third kappa shape index (κ3) is 2.25. The second-order valence-corrected chi connectivity index (χ2v) is 4.47. The highest BCUT2D eigenvalue weighted by Crippen LogP contribution is 2.48. The summed E-state index contributed by atoms with van der Waals surface area (Å²) in [5.74, 6) is 0. The monoisotopic (exact) mass is 183 g/mol. The number of piperidine rings is 1. The number of hydrogen-bond acceptors (Lipinski definition) is 1. The third-order valence-corrected chi connectivity index (χ3v) is 3.35. The van der Waals surface area contributed by atoms with E-state index in [-0.39, 0.29) is 0 Å². The van der Waals surface area contributed by atoms with Gasteiger partial charge in [0.05, 0.1) is 0 Å². The summed E-state index contributed by atoms with van der Waals surface area (Å²) in [6.45, 7) is 10.0. The van der Waals surface area contributed by atoms with Crippen LogP contribution in [0.5, 0.6) is 0 Å². The van der Waals surface area contributed by atoms with Crippen molar-refractivity contribution >= 4 is 0 Å². The van der Waals surface area contributed by atoms with Crippen molar-refractivity contribution in [2.24, 2.45) is 0 Å². The summed E-state index contributed by atoms with van der Waals surface area (Å²) in [5.41, 5.74) is 0.701. The van der Waals surface area contributed by atoms with E-state index in [1.165, 1.54) is 38.6 Å². The van der Waals surface area contributed by atoms with Gasteiger partial charge in [-0.3, -0.25) is 4.90 Å². The maximum absolute atomic E-state index is 2.73. The minimum atomic E-state index is 0.701. The number of nitrogens with zero attached hydrogens (tertiary/aromatic N) is 1. The fraction of sp³-hybridized carbons (Fsp3) is 1.00. The van der Waals surface area contributed by atoms with E-state index in [0.717, 1.165) is 6.04 Å². The van der Waals surface area contributed by atoms with Crippen LogP contribution in [-0.4, -0.2) is 23.0 Å². The Kier molecular flexibility index (Phi) is 3.78. The van der Waals surface area contributed by atoms with Crippen molar-refractivity contribution in [2.75, 3.05) is 6.54 Å². The van der Waals surface area contributed by atoms with Gasteiger partial charge >= 0.3 is 0 Å². The molecule has 1 saturated heterocycles. The van der Waals surface area contributed by atoms with E-state index in [0.29, 0.717) is 5.54 Å². The molecule has 0 atom stereocenters. The summed E-state index contributed by atoms with van der Waals surface area (Å²) in [6.07, 6.45) is 7.34. The average Bonchev–Trinajstić information content (AvgIpc) is 2.89. The highest BCUT2D eigenvalue weighted by molar-refractivity contribution is 5.06. The van der Waals surface area contributed by atoms with E-state index in [9.17, 15) is 0 Å². The maximum atomic E-state index is 2.73. The van der Waals surface area contributed by atoms with E-state index in [4.69, 9.17) is 0 Å². The molecule has 0 amide bonds. The highest BCUT2D eigenvalue weighted by atomic mass is 15.3. The van der Waals surface area contributed by atoms with Crippen molar-refractivity contribution < 1.29 is 0 Å². The summed E-state index contributed by atoms with van der Waals surface area (Å²) in [5, 5.41) is 0. The first-order valence-electron chi connectivity index (χ1n) is 6.01. The number of rotatable bonds is 1. The van der Waals surface area contributed by atoms with Crippen LogP contribution < -0.4 is 0 Å². The fourth-order valence-electron chi connectivity index (χ4n) is 2.60. The largest absolute Gasteiger partial charge is 0.295 e. The predicted octanol–water partition coefficient (Wildman–Crippen LogP) is 3.44. The Morgan fingerprint density at radius 2 is 1.62 bits per heavy atom. The lowest BCUT2D eigenvalue weighted by Crippen LogP contribution is -2.45. The van der Waals surface area contributed by atoms with Gasteiger partial charge in [0.1, 0.15) is 0 Å². The van der Waals surface area contributed by atoms with E-state index < -0.39 is 0 Å². The zero-order chi connectivity index (χ0) is 9.90. The lowest BCUT2D eigenvalue weighted by molar-refractivity contribution is 0.0940. The first-order chi connectivity index (χ1) is 6.25. The molecule has 1 spiro atoms. The summed E-state index contributed by atoms with van der Waals surface area (Å²) < 4.78 is 0. The normalized spacial score (nSPS) is 25.6. The summed E-state index contributed by atoms with van der Waals surface area (Å²) in [7, 11) is 0. The number of likely N-dealkylation sites (tertiary alicyclic amines) is 1. The minimum Gasteiger partial charge on any atom is -0.295 e. The lowest BCUT2D eigenvalue weighted by Gasteiger charge is -2.39. The highest BCUT2D eigenvalue weighted by Gasteiger charge is 2.49. The molecule has 0 N–H and O–H groups in total. The molecule has 0 aromatic heterocycles. The molecule has 2 fully saturated rings. The molecule has 0 aromatic rings. The molecule has 1 aliphatic heterocycles. The molecular formula is C12H25N. The van der Waals surface area contributed by atoms with Crippen LogP contribution in [-0.2, 0) is 0 Å². The maximum Gasteiger partial charge on any atom is 0.0213 e. The van der Waals surface area contributed by atoms with Crippen molar-refractivity contribution in [1.82, 2.24) is 4.90 Å². The van der Waals surface area contributed by atoms with Crippen LogP contribution in [0.15, 0.2) is 0 Å². The minimum absolute atomic E-state index is 0.701. The standard InChI is InChI=1S/C10H19N.C2H6/c1-9(2)11-8-4-3-5-10(11)6-7-10;1-2/h9H,3-8H2,1-2H3;1-2H3. The summed E-state index contributed by atoms with van der Waals surface area (Å²) in [6, 6.07) is 0.776. The van der Waals surface area contributed by atoms with Crippen molar-refractivity contribution in [2.45, 2.75) is 71.4 Å². The Balaban J connectivity index is 0.000000396. The van der Waals surface area contributed by atoms with Gasteiger partial charge in [-0.05, 0) is 46.1 Å². The van der Waals surface area contributed by atoms with Gasteiger partial charge in [-0.15, -0.1) is 0 Å². The molecule has 2 aliphatic rings. The smallest absolute Gasteiger partial charge is 0.0213 e. The quantitative estimate of drug-likeness (QED) is 0.602. The fourth-order valence-corrected chi connectivity index (χ4v) is 2.60. The molecule has 0 unspecified atom stereocenters. The molecule has 1 heterocycles. The Morgan fingerprint density at radius 3 is 2.00 bits per heavy atom. The van der Waals surface area contributed by atoms with Gasteiger partial charge in [0.15, 0.2) is 0 Å². The van der Waals surface area contributed by atoms with Crippen molar-refractivity contribution in [3.8, 4) is 0 Å². The summed E-state index contributed by atoms with van der Waals surface area (Å²) >= 11 is 0. The zero-order valence-corrected chi connectivity index (χ0v) is 9.77. The van der Waals surface area contributed by atoms with Gasteiger partial charge in [0.25, 0.3) is 0 Å². The van der Waals surface area contributed by atoms with Gasteiger partial charge in [0.2, 0.25) is 0 Å². The van der Waals surface area contributed by atoms with Gasteiger partial charge in [0, 0.05) is 11.6 Å². The lowest BCUT2D eigenvalue weighted by atomic mass is 9.98. The van der Waals surface area contributed by atoms with E-state index in [1.807, 2.05) is 13.8 Å². The summed E-state index contributed by atoms with van der Waals surface area (Å²) in [4.78, 5) is 2.73. The van der Waals surface area contributed by atoms with Crippen LogP contribution in [0.2, 0.25) is 0 Å². The Bertz CT molecular complexity index is 147. The first-order valence-corrected chi connectivity index (χ1v) is 6.01. The molecule has 0 aromatic carbocycles. The topological polar surface area (TPSA) is 3.24 Å². The van der Waals surface area contributed by atoms with E-state index >= 15 is 0 Å². The van der Waals surface area contributed by atoms with Gasteiger partial charge in [-0.2, -0.15) is 0 Å². The zero-order valence-electron chi connectivity index (χ0n) is 9.77. The van der Waals surface area contributed by atoms with E-state index in [1.54, 1.807) is 0 Å².